The number of hydrogen-bond acceptors (Lipinski definition) is 4. The summed E-state index contributed by atoms with van der Waals surface area (Å²) in [4.78, 5) is 0. The topological polar surface area (TPSA) is 81.4 Å². The van der Waals surface area contributed by atoms with Gasteiger partial charge in [0.25, 0.3) is 0 Å². The molecule has 0 unspecified atom stereocenters. The monoisotopic (exact) mass is 284 g/mol. The van der Waals surface area contributed by atoms with E-state index in [0.717, 1.165) is 24.8 Å². The zero-order valence-corrected chi connectivity index (χ0v) is 11.9. The zero-order chi connectivity index (χ0) is 13.9. The van der Waals surface area contributed by atoms with E-state index in [-0.39, 0.29) is 11.4 Å². The molecule has 1 saturated carbocycles. The molecule has 1 aliphatic carbocycles. The second-order valence-electron chi connectivity index (χ2n) is 5.06. The molecular formula is C13H20N2O3S. The highest BCUT2D eigenvalue weighted by Gasteiger charge is 2.37. The summed E-state index contributed by atoms with van der Waals surface area (Å²) in [5.41, 5.74) is 6.62. The lowest BCUT2D eigenvalue weighted by molar-refractivity contribution is -0.0659. The molecule has 0 radical (unpaired) electrons. The fourth-order valence-electron chi connectivity index (χ4n) is 2.15. The van der Waals surface area contributed by atoms with E-state index in [2.05, 4.69) is 4.72 Å². The Kier molecular flexibility index (Phi) is 4.13. The number of anilines is 1. The van der Waals surface area contributed by atoms with Crippen LogP contribution in [0.3, 0.4) is 0 Å². The van der Waals surface area contributed by atoms with Gasteiger partial charge in [-0.15, -0.1) is 0 Å². The van der Waals surface area contributed by atoms with Crippen LogP contribution in [0.15, 0.2) is 24.3 Å². The van der Waals surface area contributed by atoms with Gasteiger partial charge in [-0.05, 0) is 37.0 Å². The molecule has 0 aliphatic heterocycles. The number of nitrogens with two attached hydrogens (primary N) is 1. The van der Waals surface area contributed by atoms with Gasteiger partial charge in [-0.3, -0.25) is 0 Å². The van der Waals surface area contributed by atoms with Crippen molar-refractivity contribution >= 4 is 15.7 Å². The molecule has 106 valence electrons. The summed E-state index contributed by atoms with van der Waals surface area (Å²) < 4.78 is 32.0. The average Bonchev–Trinajstić information content (AvgIpc) is 2.31. The van der Waals surface area contributed by atoms with Crippen molar-refractivity contribution in [3.05, 3.63) is 29.8 Å². The highest BCUT2D eigenvalue weighted by atomic mass is 32.2. The molecule has 0 bridgehead atoms. The number of rotatable bonds is 6. The quantitative estimate of drug-likeness (QED) is 0.771. The van der Waals surface area contributed by atoms with Crippen LogP contribution in [0, 0.1) is 0 Å². The third-order valence-electron chi connectivity index (χ3n) is 3.65. The highest BCUT2D eigenvalue weighted by molar-refractivity contribution is 7.88. The van der Waals surface area contributed by atoms with Crippen LogP contribution in [0.4, 0.5) is 5.69 Å². The largest absolute Gasteiger partial charge is 0.399 e. The van der Waals surface area contributed by atoms with E-state index in [1.165, 1.54) is 0 Å². The van der Waals surface area contributed by atoms with Crippen molar-refractivity contribution < 1.29 is 13.2 Å². The predicted octanol–water partition coefficient (Wildman–Crippen LogP) is 1.26. The molecule has 0 amide bonds. The number of methoxy groups -OCH3 is 1. The van der Waals surface area contributed by atoms with Gasteiger partial charge in [-0.1, -0.05) is 12.1 Å². The number of sulfonamides is 1. The van der Waals surface area contributed by atoms with Gasteiger partial charge in [0.15, 0.2) is 0 Å². The van der Waals surface area contributed by atoms with E-state index in [9.17, 15) is 8.42 Å². The maximum Gasteiger partial charge on any atom is 0.215 e. The van der Waals surface area contributed by atoms with Crippen LogP contribution in [0.1, 0.15) is 24.8 Å². The number of nitrogen functional groups attached to an aromatic ring is 1. The summed E-state index contributed by atoms with van der Waals surface area (Å²) in [6.45, 7) is 0.348. The van der Waals surface area contributed by atoms with Gasteiger partial charge in [0, 0.05) is 19.3 Å². The summed E-state index contributed by atoms with van der Waals surface area (Å²) in [5, 5.41) is 0. The fourth-order valence-corrected chi connectivity index (χ4v) is 3.37. The molecule has 0 saturated heterocycles. The van der Waals surface area contributed by atoms with Crippen LogP contribution in [-0.2, 0) is 20.5 Å². The molecule has 0 aromatic heterocycles. The fraction of sp³-hybridized carbons (Fsp3) is 0.538. The van der Waals surface area contributed by atoms with Gasteiger partial charge in [0.1, 0.15) is 0 Å². The van der Waals surface area contributed by atoms with Crippen molar-refractivity contribution in [2.45, 2.75) is 30.6 Å². The Balaban J connectivity index is 1.93. The molecule has 1 aliphatic rings. The van der Waals surface area contributed by atoms with E-state index in [1.54, 1.807) is 31.4 Å². The second-order valence-corrected chi connectivity index (χ2v) is 6.87. The molecule has 1 fully saturated rings. The first kappa shape index (κ1) is 14.3. The minimum Gasteiger partial charge on any atom is -0.399 e. The lowest BCUT2D eigenvalue weighted by atomic mass is 9.80. The Morgan fingerprint density at radius 2 is 1.95 bits per heavy atom. The van der Waals surface area contributed by atoms with Gasteiger partial charge < -0.3 is 10.5 Å². The molecule has 1 aromatic carbocycles. The Labute approximate surface area is 114 Å². The van der Waals surface area contributed by atoms with Crippen molar-refractivity contribution in [2.24, 2.45) is 0 Å². The van der Waals surface area contributed by atoms with Crippen LogP contribution in [-0.4, -0.2) is 27.7 Å². The van der Waals surface area contributed by atoms with Crippen LogP contribution < -0.4 is 10.5 Å². The number of benzene rings is 1. The first-order valence-electron chi connectivity index (χ1n) is 6.32. The Morgan fingerprint density at radius 3 is 2.42 bits per heavy atom. The second kappa shape index (κ2) is 5.48. The summed E-state index contributed by atoms with van der Waals surface area (Å²) >= 11 is 0. The predicted molar refractivity (Wildman–Crippen MR) is 75.1 cm³/mol. The van der Waals surface area contributed by atoms with Crippen molar-refractivity contribution in [3.63, 3.8) is 0 Å². The third-order valence-corrected chi connectivity index (χ3v) is 4.95. The normalized spacial score (nSPS) is 17.9. The van der Waals surface area contributed by atoms with E-state index < -0.39 is 10.0 Å². The molecule has 2 rings (SSSR count). The van der Waals surface area contributed by atoms with E-state index >= 15 is 0 Å². The van der Waals surface area contributed by atoms with Gasteiger partial charge >= 0.3 is 0 Å². The highest BCUT2D eigenvalue weighted by Crippen LogP contribution is 2.34. The first-order valence-corrected chi connectivity index (χ1v) is 7.97. The van der Waals surface area contributed by atoms with Gasteiger partial charge in [0.2, 0.25) is 10.0 Å². The smallest absolute Gasteiger partial charge is 0.215 e. The van der Waals surface area contributed by atoms with Crippen molar-refractivity contribution in [1.82, 2.24) is 4.72 Å². The molecule has 0 spiro atoms. The van der Waals surface area contributed by atoms with E-state index in [4.69, 9.17) is 10.5 Å². The first-order chi connectivity index (χ1) is 8.95. The third kappa shape index (κ3) is 3.68. The van der Waals surface area contributed by atoms with Gasteiger partial charge in [-0.2, -0.15) is 0 Å². The Hall–Kier alpha value is -1.11. The minimum absolute atomic E-state index is 0.0346. The Morgan fingerprint density at radius 1 is 1.32 bits per heavy atom. The molecule has 19 heavy (non-hydrogen) atoms. The van der Waals surface area contributed by atoms with Crippen molar-refractivity contribution in [3.8, 4) is 0 Å². The van der Waals surface area contributed by atoms with E-state index in [1.807, 2.05) is 0 Å². The lowest BCUT2D eigenvalue weighted by Crippen LogP contribution is -2.49. The average molecular weight is 284 g/mol. The van der Waals surface area contributed by atoms with Crippen molar-refractivity contribution in [2.75, 3.05) is 19.4 Å². The number of ether oxygens (including phenoxy) is 1. The summed E-state index contributed by atoms with van der Waals surface area (Å²) in [5.74, 6) is -0.0346. The maximum absolute atomic E-state index is 12.0. The van der Waals surface area contributed by atoms with Gasteiger partial charge in [0.05, 0.1) is 11.4 Å². The maximum atomic E-state index is 12.0. The molecule has 3 N–H and O–H groups in total. The zero-order valence-electron chi connectivity index (χ0n) is 11.1. The van der Waals surface area contributed by atoms with Crippen LogP contribution in [0.25, 0.3) is 0 Å². The summed E-state index contributed by atoms with van der Waals surface area (Å²) in [6.07, 6.45) is 2.91. The molecule has 6 heteroatoms. The molecule has 5 nitrogen and oxygen atoms in total. The minimum atomic E-state index is -3.34. The SMILES string of the molecule is COC1(CNS(=O)(=O)Cc2ccc(N)cc2)CCC1. The number of nitrogens with one attached hydrogen (secondary N) is 1. The van der Waals surface area contributed by atoms with Gasteiger partial charge in [-0.25, -0.2) is 13.1 Å². The van der Waals surface area contributed by atoms with Crippen LogP contribution in [0.2, 0.25) is 0 Å². The molecule has 1 aromatic rings. The van der Waals surface area contributed by atoms with E-state index in [0.29, 0.717) is 12.2 Å². The lowest BCUT2D eigenvalue weighted by Gasteiger charge is -2.40. The standard InChI is InChI=1S/C13H20N2O3S/c1-18-13(7-2-8-13)10-15-19(16,17)9-11-3-5-12(14)6-4-11/h3-6,15H,2,7-10,14H2,1H3. The summed E-state index contributed by atoms with van der Waals surface area (Å²) in [7, 11) is -1.71. The number of hydrogen-bond donors (Lipinski definition) is 2. The Bertz CT molecular complexity index is 516. The van der Waals surface area contributed by atoms with Crippen LogP contribution >= 0.6 is 0 Å². The molecule has 0 atom stereocenters. The molecular weight excluding hydrogens is 264 g/mol. The molecule has 0 heterocycles. The van der Waals surface area contributed by atoms with Crippen molar-refractivity contribution in [1.29, 1.82) is 0 Å². The van der Waals surface area contributed by atoms with Crippen LogP contribution in [0.5, 0.6) is 0 Å². The summed E-state index contributed by atoms with van der Waals surface area (Å²) in [6, 6.07) is 6.86.